The number of halogens is 1. The molecule has 2 aromatic carbocycles. The van der Waals surface area contributed by atoms with Crippen molar-refractivity contribution in [3.8, 4) is 22.5 Å². The number of rotatable bonds is 6. The van der Waals surface area contributed by atoms with Crippen molar-refractivity contribution in [2.75, 3.05) is 36.9 Å². The second-order valence-electron chi connectivity index (χ2n) is 9.31. The van der Waals surface area contributed by atoms with Gasteiger partial charge in [-0.05, 0) is 41.5 Å². The van der Waals surface area contributed by atoms with Crippen molar-refractivity contribution in [1.82, 2.24) is 24.9 Å². The molecule has 0 radical (unpaired) electrons. The molecule has 5 aromatic rings. The Labute approximate surface area is 229 Å². The van der Waals surface area contributed by atoms with Crippen LogP contribution >= 0.6 is 0 Å². The highest BCUT2D eigenvalue weighted by atomic mass is 32.2. The molecule has 1 fully saturated rings. The summed E-state index contributed by atoms with van der Waals surface area (Å²) in [6.07, 6.45) is 4.89. The van der Waals surface area contributed by atoms with Crippen LogP contribution in [0.1, 0.15) is 5.56 Å². The van der Waals surface area contributed by atoms with Gasteiger partial charge in [-0.25, -0.2) is 32.7 Å². The molecule has 0 amide bonds. The fraction of sp³-hybridized carbons (Fsp3) is 0.179. The Balaban J connectivity index is 1.39. The molecular weight excluding hydrogens is 533 g/mol. The number of nitrogens with two attached hydrogens (primary N) is 1. The van der Waals surface area contributed by atoms with Crippen molar-refractivity contribution >= 4 is 32.6 Å². The van der Waals surface area contributed by atoms with E-state index in [1.807, 2.05) is 18.2 Å². The third-order valence-electron chi connectivity index (χ3n) is 6.55. The molecule has 0 atom stereocenters. The van der Waals surface area contributed by atoms with Crippen molar-refractivity contribution in [3.63, 3.8) is 0 Å². The van der Waals surface area contributed by atoms with Crippen molar-refractivity contribution in [3.05, 3.63) is 84.6 Å². The molecule has 3 aromatic heterocycles. The van der Waals surface area contributed by atoms with Gasteiger partial charge in [-0.15, -0.1) is 0 Å². The molecule has 2 N–H and O–H groups in total. The maximum atomic E-state index is 13.3. The van der Waals surface area contributed by atoms with Crippen LogP contribution in [0.4, 0.5) is 16.2 Å². The minimum absolute atomic E-state index is 0.0678. The number of aromatic nitrogens is 5. The first-order chi connectivity index (χ1) is 19.4. The molecule has 40 heavy (non-hydrogen) atoms. The minimum atomic E-state index is -3.66. The van der Waals surface area contributed by atoms with Gasteiger partial charge in [-0.2, -0.15) is 0 Å². The van der Waals surface area contributed by atoms with Crippen LogP contribution in [0.5, 0.6) is 0 Å². The third-order valence-corrected chi connectivity index (χ3v) is 8.25. The third kappa shape index (κ3) is 5.31. The molecule has 0 aliphatic carbocycles. The number of benzene rings is 2. The van der Waals surface area contributed by atoms with Gasteiger partial charge in [0.25, 0.3) is 0 Å². The summed E-state index contributed by atoms with van der Waals surface area (Å²) >= 11 is 0. The average molecular weight is 558 g/mol. The Morgan fingerprint density at radius 3 is 2.35 bits per heavy atom. The highest BCUT2D eigenvalue weighted by molar-refractivity contribution is 7.90. The summed E-state index contributed by atoms with van der Waals surface area (Å²) in [5, 5.41) is 0. The van der Waals surface area contributed by atoms with E-state index in [2.05, 4.69) is 14.9 Å². The van der Waals surface area contributed by atoms with Crippen LogP contribution in [0.25, 0.3) is 33.5 Å². The summed E-state index contributed by atoms with van der Waals surface area (Å²) in [5.74, 6) is 0.566. The second kappa shape index (κ2) is 10.5. The largest absolute Gasteiger partial charge is 0.378 e. The predicted molar refractivity (Wildman–Crippen MR) is 149 cm³/mol. The molecule has 0 saturated carbocycles. The number of anilines is 2. The number of hydrogen-bond acceptors (Lipinski definition) is 10. The van der Waals surface area contributed by atoms with Crippen LogP contribution in [0.15, 0.2) is 78.1 Å². The molecule has 202 valence electrons. The summed E-state index contributed by atoms with van der Waals surface area (Å²) in [6, 6.07) is 14.0. The lowest BCUT2D eigenvalue weighted by atomic mass is 10.0. The summed E-state index contributed by atoms with van der Waals surface area (Å²) in [7, 11) is -3.66. The molecule has 6 rings (SSSR count). The van der Waals surface area contributed by atoms with E-state index in [0.29, 0.717) is 60.1 Å². The first kappa shape index (κ1) is 25.7. The lowest BCUT2D eigenvalue weighted by Crippen LogP contribution is -2.37. The monoisotopic (exact) mass is 557 g/mol. The van der Waals surface area contributed by atoms with Crippen LogP contribution in [0, 0.1) is 5.82 Å². The van der Waals surface area contributed by atoms with Crippen LogP contribution in [0.2, 0.25) is 0 Å². The average Bonchev–Trinajstić information content (AvgIpc) is 2.97. The van der Waals surface area contributed by atoms with Crippen LogP contribution < -0.4 is 10.6 Å². The van der Waals surface area contributed by atoms with E-state index in [9.17, 15) is 12.8 Å². The Hall–Kier alpha value is -4.55. The summed E-state index contributed by atoms with van der Waals surface area (Å²) in [4.78, 5) is 24.6. The lowest BCUT2D eigenvalue weighted by Gasteiger charge is -2.28. The molecule has 12 heteroatoms. The SMILES string of the molecule is Nc1ncc(-c2nc(N3CCOCC3)c3ncc(-c4cccc(CS(=O)(=O)c5ccc(F)cc5)c4)cc3n2)cn1. The van der Waals surface area contributed by atoms with Gasteiger partial charge < -0.3 is 15.4 Å². The predicted octanol–water partition coefficient (Wildman–Crippen LogP) is 3.68. The number of pyridine rings is 1. The van der Waals surface area contributed by atoms with E-state index in [0.717, 1.165) is 23.3 Å². The summed E-state index contributed by atoms with van der Waals surface area (Å²) in [5.41, 5.74) is 9.68. The number of hydrogen-bond donors (Lipinski definition) is 1. The quantitative estimate of drug-likeness (QED) is 0.308. The Morgan fingerprint density at radius 2 is 1.60 bits per heavy atom. The van der Waals surface area contributed by atoms with E-state index in [-0.39, 0.29) is 16.6 Å². The molecule has 0 bridgehead atoms. The summed E-state index contributed by atoms with van der Waals surface area (Å²) < 4.78 is 44.7. The van der Waals surface area contributed by atoms with E-state index in [4.69, 9.17) is 25.4 Å². The smallest absolute Gasteiger partial charge is 0.219 e. The zero-order chi connectivity index (χ0) is 27.7. The maximum Gasteiger partial charge on any atom is 0.219 e. The molecule has 1 aliphatic heterocycles. The Kier molecular flexibility index (Phi) is 6.78. The zero-order valence-corrected chi connectivity index (χ0v) is 22.1. The topological polar surface area (TPSA) is 137 Å². The molecule has 4 heterocycles. The van der Waals surface area contributed by atoms with E-state index in [1.54, 1.807) is 30.7 Å². The number of morpholine rings is 1. The van der Waals surface area contributed by atoms with E-state index >= 15 is 0 Å². The van der Waals surface area contributed by atoms with Gasteiger partial charge in [0.1, 0.15) is 11.3 Å². The minimum Gasteiger partial charge on any atom is -0.378 e. The van der Waals surface area contributed by atoms with Gasteiger partial charge in [-0.1, -0.05) is 24.3 Å². The molecule has 1 aliphatic rings. The Morgan fingerprint density at radius 1 is 0.875 bits per heavy atom. The highest BCUT2D eigenvalue weighted by Crippen LogP contribution is 2.30. The second-order valence-corrected chi connectivity index (χ2v) is 11.3. The number of nitrogen functional groups attached to an aromatic ring is 1. The number of nitrogens with zero attached hydrogens (tertiary/aromatic N) is 6. The first-order valence-electron chi connectivity index (χ1n) is 12.5. The van der Waals surface area contributed by atoms with Crippen LogP contribution in [-0.4, -0.2) is 59.6 Å². The summed E-state index contributed by atoms with van der Waals surface area (Å²) in [6.45, 7) is 2.49. The van der Waals surface area contributed by atoms with Gasteiger partial charge in [0.05, 0.1) is 34.9 Å². The number of fused-ring (bicyclic) bond motifs is 1. The van der Waals surface area contributed by atoms with Gasteiger partial charge in [0.15, 0.2) is 21.5 Å². The zero-order valence-electron chi connectivity index (χ0n) is 21.2. The molecular formula is C28H24FN7O3S. The highest BCUT2D eigenvalue weighted by Gasteiger charge is 2.20. The van der Waals surface area contributed by atoms with Crippen molar-refractivity contribution in [2.45, 2.75) is 10.6 Å². The van der Waals surface area contributed by atoms with E-state index < -0.39 is 15.7 Å². The fourth-order valence-corrected chi connectivity index (χ4v) is 5.86. The normalized spacial score (nSPS) is 14.0. The Bertz CT molecular complexity index is 1790. The molecule has 0 unspecified atom stereocenters. The number of sulfone groups is 1. The molecule has 10 nitrogen and oxygen atoms in total. The first-order valence-corrected chi connectivity index (χ1v) is 14.2. The van der Waals surface area contributed by atoms with Crippen molar-refractivity contribution in [2.24, 2.45) is 0 Å². The van der Waals surface area contributed by atoms with Crippen LogP contribution in [-0.2, 0) is 20.3 Å². The van der Waals surface area contributed by atoms with Crippen LogP contribution in [0.3, 0.4) is 0 Å². The van der Waals surface area contributed by atoms with Gasteiger partial charge in [0, 0.05) is 37.2 Å². The maximum absolute atomic E-state index is 13.3. The van der Waals surface area contributed by atoms with E-state index in [1.165, 1.54) is 12.1 Å². The van der Waals surface area contributed by atoms with Gasteiger partial charge in [0.2, 0.25) is 5.95 Å². The molecule has 1 saturated heterocycles. The lowest BCUT2D eigenvalue weighted by molar-refractivity contribution is 0.122. The fourth-order valence-electron chi connectivity index (χ4n) is 4.52. The molecule has 0 spiro atoms. The standard InChI is InChI=1S/C28H24FN7O3S/c29-22-4-6-23(7-5-22)40(37,38)17-18-2-1-3-19(12-18)20-13-24-25(31-14-20)27(36-8-10-39-11-9-36)35-26(34-24)21-15-32-28(30)33-16-21/h1-7,12-16H,8-11,17H2,(H2,30,32,33). The number of ether oxygens (including phenoxy) is 1. The van der Waals surface area contributed by atoms with Gasteiger partial charge >= 0.3 is 0 Å². The van der Waals surface area contributed by atoms with Crippen molar-refractivity contribution in [1.29, 1.82) is 0 Å². The van der Waals surface area contributed by atoms with Gasteiger partial charge in [-0.3, -0.25) is 4.98 Å². The van der Waals surface area contributed by atoms with Crippen molar-refractivity contribution < 1.29 is 17.5 Å².